The van der Waals surface area contributed by atoms with Crippen LogP contribution in [0.3, 0.4) is 0 Å². The van der Waals surface area contributed by atoms with E-state index < -0.39 is 29.7 Å². The molecule has 2 aromatic carbocycles. The molecule has 0 fully saturated rings. The zero-order valence-electron chi connectivity index (χ0n) is 14.7. The molecule has 0 radical (unpaired) electrons. The number of ether oxygens (including phenoxy) is 3. The minimum atomic E-state index is -4.53. The normalized spacial score (nSPS) is 14.1. The first kappa shape index (κ1) is 19.5. The van der Waals surface area contributed by atoms with Crippen molar-refractivity contribution in [3.8, 4) is 11.5 Å². The van der Waals surface area contributed by atoms with Crippen LogP contribution in [0.15, 0.2) is 42.5 Å². The molecule has 0 spiro atoms. The molecule has 2 aromatic rings. The molecule has 0 unspecified atom stereocenters. The third-order valence-corrected chi connectivity index (χ3v) is 3.89. The van der Waals surface area contributed by atoms with Gasteiger partial charge in [0.05, 0.1) is 11.1 Å². The van der Waals surface area contributed by atoms with Crippen molar-refractivity contribution in [2.45, 2.75) is 19.2 Å². The van der Waals surface area contributed by atoms with Gasteiger partial charge in [-0.15, -0.1) is 0 Å². The zero-order valence-corrected chi connectivity index (χ0v) is 14.7. The summed E-state index contributed by atoms with van der Waals surface area (Å²) in [4.78, 5) is 24.4. The fourth-order valence-corrected chi connectivity index (χ4v) is 2.47. The van der Waals surface area contributed by atoms with Gasteiger partial charge in [0, 0.05) is 5.69 Å². The molecular weight excluding hydrogens is 379 g/mol. The Kier molecular flexibility index (Phi) is 5.43. The lowest BCUT2D eigenvalue weighted by Gasteiger charge is -2.19. The molecule has 1 amide bonds. The summed E-state index contributed by atoms with van der Waals surface area (Å²) in [5.41, 5.74) is -0.795. The van der Waals surface area contributed by atoms with Crippen LogP contribution in [0.4, 0.5) is 18.9 Å². The van der Waals surface area contributed by atoms with E-state index in [-0.39, 0.29) is 11.3 Å². The molecule has 6 nitrogen and oxygen atoms in total. The lowest BCUT2D eigenvalue weighted by atomic mass is 10.2. The number of carbonyl (C=O) groups is 2. The number of hydrogen-bond donors (Lipinski definition) is 1. The molecule has 1 atom stereocenters. The molecule has 0 aromatic heterocycles. The van der Waals surface area contributed by atoms with Gasteiger partial charge in [0.2, 0.25) is 0 Å². The van der Waals surface area contributed by atoms with Crippen molar-refractivity contribution in [1.29, 1.82) is 0 Å². The van der Waals surface area contributed by atoms with Gasteiger partial charge in [0.25, 0.3) is 5.91 Å². The van der Waals surface area contributed by atoms with E-state index in [0.29, 0.717) is 24.7 Å². The molecule has 1 aliphatic heterocycles. The van der Waals surface area contributed by atoms with Crippen LogP contribution < -0.4 is 14.8 Å². The fourth-order valence-electron chi connectivity index (χ4n) is 2.47. The molecule has 1 aliphatic rings. The second-order valence-corrected chi connectivity index (χ2v) is 5.97. The Morgan fingerprint density at radius 2 is 1.79 bits per heavy atom. The summed E-state index contributed by atoms with van der Waals surface area (Å²) in [5, 5.41) is 2.30. The summed E-state index contributed by atoms with van der Waals surface area (Å²) in [6, 6.07) is 8.63. The number of amides is 1. The fraction of sp³-hybridized carbons (Fsp3) is 0.263. The minimum absolute atomic E-state index is 0.0537. The monoisotopic (exact) mass is 395 g/mol. The molecule has 0 bridgehead atoms. The van der Waals surface area contributed by atoms with Crippen LogP contribution in [0.1, 0.15) is 22.8 Å². The van der Waals surface area contributed by atoms with E-state index in [1.807, 2.05) is 0 Å². The third kappa shape index (κ3) is 4.54. The highest BCUT2D eigenvalue weighted by Gasteiger charge is 2.30. The minimum Gasteiger partial charge on any atom is -0.486 e. The highest BCUT2D eigenvalue weighted by atomic mass is 19.4. The number of hydrogen-bond acceptors (Lipinski definition) is 5. The van der Waals surface area contributed by atoms with Crippen LogP contribution in [0.25, 0.3) is 0 Å². The number of benzene rings is 2. The number of anilines is 1. The van der Waals surface area contributed by atoms with E-state index in [0.717, 1.165) is 12.1 Å². The van der Waals surface area contributed by atoms with Crippen LogP contribution in [0.2, 0.25) is 0 Å². The molecule has 28 heavy (non-hydrogen) atoms. The molecule has 1 heterocycles. The van der Waals surface area contributed by atoms with E-state index in [1.165, 1.54) is 31.2 Å². The Labute approximate surface area is 158 Å². The number of carbonyl (C=O) groups excluding carboxylic acids is 2. The van der Waals surface area contributed by atoms with Gasteiger partial charge >= 0.3 is 12.1 Å². The number of halogens is 3. The molecule has 3 rings (SSSR count). The van der Waals surface area contributed by atoms with Crippen LogP contribution in [0.5, 0.6) is 11.5 Å². The second-order valence-electron chi connectivity index (χ2n) is 5.97. The second kappa shape index (κ2) is 7.79. The van der Waals surface area contributed by atoms with Gasteiger partial charge < -0.3 is 19.5 Å². The molecule has 148 valence electrons. The van der Waals surface area contributed by atoms with Crippen molar-refractivity contribution in [3.63, 3.8) is 0 Å². The van der Waals surface area contributed by atoms with Gasteiger partial charge in [-0.3, -0.25) is 4.79 Å². The average molecular weight is 395 g/mol. The summed E-state index contributed by atoms with van der Waals surface area (Å²) in [7, 11) is 0. The summed E-state index contributed by atoms with van der Waals surface area (Å²) >= 11 is 0. The Hall–Kier alpha value is -3.23. The van der Waals surface area contributed by atoms with Gasteiger partial charge in [-0.2, -0.15) is 13.2 Å². The number of nitrogens with one attached hydrogen (secondary N) is 1. The standard InChI is InChI=1S/C19H16F3NO5/c1-11(17(24)23-14-4-2-3-13(10-14)19(20,21)22)28-18(25)12-5-6-15-16(9-12)27-8-7-26-15/h2-6,9-11H,7-8H2,1H3,(H,23,24)/t11-/m0/s1. The first-order chi connectivity index (χ1) is 13.2. The zero-order chi connectivity index (χ0) is 20.3. The van der Waals surface area contributed by atoms with E-state index in [2.05, 4.69) is 5.32 Å². The molecule has 1 N–H and O–H groups in total. The quantitative estimate of drug-likeness (QED) is 0.800. The number of alkyl halides is 3. The van der Waals surface area contributed by atoms with Crippen molar-refractivity contribution < 1.29 is 37.0 Å². The summed E-state index contributed by atoms with van der Waals surface area (Å²) < 4.78 is 54.1. The summed E-state index contributed by atoms with van der Waals surface area (Å²) in [6.45, 7) is 2.07. The third-order valence-electron chi connectivity index (χ3n) is 3.89. The van der Waals surface area contributed by atoms with Crippen LogP contribution in [-0.4, -0.2) is 31.2 Å². The van der Waals surface area contributed by atoms with Crippen LogP contribution >= 0.6 is 0 Å². The Bertz CT molecular complexity index is 897. The Balaban J connectivity index is 1.63. The number of esters is 1. The van der Waals surface area contributed by atoms with Gasteiger partial charge in [-0.05, 0) is 43.3 Å². The number of rotatable bonds is 4. The van der Waals surface area contributed by atoms with Crippen molar-refractivity contribution >= 4 is 17.6 Å². The smallest absolute Gasteiger partial charge is 0.416 e. The Morgan fingerprint density at radius 3 is 2.50 bits per heavy atom. The van der Waals surface area contributed by atoms with Crippen molar-refractivity contribution in [2.24, 2.45) is 0 Å². The van der Waals surface area contributed by atoms with Crippen LogP contribution in [0, 0.1) is 0 Å². The predicted molar refractivity (Wildman–Crippen MR) is 92.4 cm³/mol. The van der Waals surface area contributed by atoms with E-state index in [9.17, 15) is 22.8 Å². The first-order valence-electron chi connectivity index (χ1n) is 8.33. The maximum atomic E-state index is 12.7. The molecule has 9 heteroatoms. The van der Waals surface area contributed by atoms with Crippen molar-refractivity contribution in [2.75, 3.05) is 18.5 Å². The van der Waals surface area contributed by atoms with Crippen LogP contribution in [-0.2, 0) is 15.7 Å². The molecular formula is C19H16F3NO5. The van der Waals surface area contributed by atoms with E-state index in [1.54, 1.807) is 6.07 Å². The largest absolute Gasteiger partial charge is 0.486 e. The lowest BCUT2D eigenvalue weighted by Crippen LogP contribution is -2.30. The maximum absolute atomic E-state index is 12.7. The van der Waals surface area contributed by atoms with E-state index in [4.69, 9.17) is 14.2 Å². The highest BCUT2D eigenvalue weighted by Crippen LogP contribution is 2.32. The van der Waals surface area contributed by atoms with Gasteiger partial charge in [-0.25, -0.2) is 4.79 Å². The van der Waals surface area contributed by atoms with Crippen molar-refractivity contribution in [1.82, 2.24) is 0 Å². The topological polar surface area (TPSA) is 73.9 Å². The van der Waals surface area contributed by atoms with E-state index >= 15 is 0 Å². The number of fused-ring (bicyclic) bond motifs is 1. The average Bonchev–Trinajstić information content (AvgIpc) is 2.67. The molecule has 0 saturated carbocycles. The molecule has 0 aliphatic carbocycles. The maximum Gasteiger partial charge on any atom is 0.416 e. The molecule has 0 saturated heterocycles. The highest BCUT2D eigenvalue weighted by molar-refractivity contribution is 5.97. The summed E-state index contributed by atoms with van der Waals surface area (Å²) in [6.07, 6.45) is -5.76. The van der Waals surface area contributed by atoms with Gasteiger partial charge in [-0.1, -0.05) is 6.07 Å². The van der Waals surface area contributed by atoms with Crippen molar-refractivity contribution in [3.05, 3.63) is 53.6 Å². The first-order valence-corrected chi connectivity index (χ1v) is 8.33. The van der Waals surface area contributed by atoms with Gasteiger partial charge in [0.1, 0.15) is 13.2 Å². The predicted octanol–water partition coefficient (Wildman–Crippen LogP) is 3.66. The SMILES string of the molecule is C[C@H](OC(=O)c1ccc2c(c1)OCCO2)C(=O)Nc1cccc(C(F)(F)F)c1. The summed E-state index contributed by atoms with van der Waals surface area (Å²) in [5.74, 6) is -0.645. The lowest BCUT2D eigenvalue weighted by molar-refractivity contribution is -0.137. The van der Waals surface area contributed by atoms with Gasteiger partial charge in [0.15, 0.2) is 17.6 Å². The Morgan fingerprint density at radius 1 is 1.07 bits per heavy atom.